The smallest absolute Gasteiger partial charge is 0.260 e. The number of benzene rings is 1. The van der Waals surface area contributed by atoms with Crippen LogP contribution in [0.2, 0.25) is 0 Å². The zero-order valence-electron chi connectivity index (χ0n) is 16.3. The second-order valence-corrected chi connectivity index (χ2v) is 6.97. The van der Waals surface area contributed by atoms with Crippen molar-refractivity contribution in [3.63, 3.8) is 0 Å². The number of para-hydroxylation sites is 1. The Bertz CT molecular complexity index is 984. The van der Waals surface area contributed by atoms with Crippen molar-refractivity contribution in [1.82, 2.24) is 25.1 Å². The predicted molar refractivity (Wildman–Crippen MR) is 109 cm³/mol. The molecule has 0 aliphatic carbocycles. The van der Waals surface area contributed by atoms with Crippen molar-refractivity contribution in [1.29, 1.82) is 0 Å². The second-order valence-electron chi connectivity index (χ2n) is 6.97. The number of carbonyl (C=O) groups is 2. The molecule has 0 atom stereocenters. The molecule has 9 nitrogen and oxygen atoms in total. The topological polar surface area (TPSA) is 113 Å². The number of piperidine rings is 1. The highest BCUT2D eigenvalue weighted by atomic mass is 16.5. The molecule has 0 radical (unpaired) electrons. The molecule has 1 aliphatic heterocycles. The lowest BCUT2D eigenvalue weighted by atomic mass is 9.96. The number of nitrogens with one attached hydrogen (secondary N) is 2. The van der Waals surface area contributed by atoms with Gasteiger partial charge in [0, 0.05) is 25.2 Å². The summed E-state index contributed by atoms with van der Waals surface area (Å²) in [6, 6.07) is 14.7. The lowest BCUT2D eigenvalue weighted by molar-refractivity contribution is -0.136. The Hall–Kier alpha value is -3.75. The molecule has 0 spiro atoms. The van der Waals surface area contributed by atoms with E-state index in [4.69, 9.17) is 4.74 Å². The Morgan fingerprint density at radius 1 is 1.10 bits per heavy atom. The predicted octanol–water partition coefficient (Wildman–Crippen LogP) is 2.12. The van der Waals surface area contributed by atoms with E-state index in [9.17, 15) is 9.59 Å². The van der Waals surface area contributed by atoms with Crippen LogP contribution in [-0.4, -0.2) is 56.6 Å². The highest BCUT2D eigenvalue weighted by Crippen LogP contribution is 2.20. The minimum absolute atomic E-state index is 0.00559. The van der Waals surface area contributed by atoms with Crippen LogP contribution in [0, 0.1) is 5.92 Å². The van der Waals surface area contributed by atoms with E-state index in [0.29, 0.717) is 43.2 Å². The number of rotatable bonds is 6. The van der Waals surface area contributed by atoms with E-state index in [0.717, 1.165) is 0 Å². The number of carbonyl (C=O) groups excluding carboxylic acids is 2. The third-order valence-corrected chi connectivity index (χ3v) is 4.95. The number of amides is 2. The number of H-pyrrole nitrogens is 1. The van der Waals surface area contributed by atoms with E-state index in [-0.39, 0.29) is 30.3 Å². The number of anilines is 1. The van der Waals surface area contributed by atoms with Crippen LogP contribution in [0.3, 0.4) is 0 Å². The number of aromatic amines is 1. The zero-order valence-corrected chi connectivity index (χ0v) is 16.3. The maximum atomic E-state index is 12.6. The fraction of sp³-hybridized carbons (Fsp3) is 0.286. The normalized spacial score (nSPS) is 14.3. The van der Waals surface area contributed by atoms with Gasteiger partial charge < -0.3 is 9.64 Å². The van der Waals surface area contributed by atoms with Crippen LogP contribution in [0.25, 0.3) is 11.5 Å². The molecule has 0 bridgehead atoms. The first-order valence-corrected chi connectivity index (χ1v) is 9.79. The van der Waals surface area contributed by atoms with Gasteiger partial charge in [-0.3, -0.25) is 25.0 Å². The number of likely N-dealkylation sites (tertiary alicyclic amines) is 1. The summed E-state index contributed by atoms with van der Waals surface area (Å²) in [7, 11) is 0. The summed E-state index contributed by atoms with van der Waals surface area (Å²) in [4.78, 5) is 35.1. The van der Waals surface area contributed by atoms with Crippen molar-refractivity contribution in [2.75, 3.05) is 25.0 Å². The molecule has 1 fully saturated rings. The van der Waals surface area contributed by atoms with Crippen molar-refractivity contribution in [3.05, 3.63) is 54.7 Å². The van der Waals surface area contributed by atoms with E-state index in [1.165, 1.54) is 0 Å². The molecular weight excluding hydrogens is 384 g/mol. The van der Waals surface area contributed by atoms with Crippen LogP contribution < -0.4 is 10.1 Å². The van der Waals surface area contributed by atoms with Crippen molar-refractivity contribution < 1.29 is 14.3 Å². The molecular formula is C21H22N6O3. The molecule has 2 aromatic heterocycles. The Kier molecular flexibility index (Phi) is 5.98. The number of ether oxygens (including phenoxy) is 1. The Labute approximate surface area is 173 Å². The molecule has 3 heterocycles. The Morgan fingerprint density at radius 3 is 2.60 bits per heavy atom. The maximum absolute atomic E-state index is 12.6. The van der Waals surface area contributed by atoms with Crippen LogP contribution in [0.1, 0.15) is 12.8 Å². The van der Waals surface area contributed by atoms with Gasteiger partial charge in [-0.2, -0.15) is 4.98 Å². The summed E-state index contributed by atoms with van der Waals surface area (Å²) in [6.07, 6.45) is 2.83. The van der Waals surface area contributed by atoms with Crippen LogP contribution >= 0.6 is 0 Å². The number of hydrogen-bond acceptors (Lipinski definition) is 6. The maximum Gasteiger partial charge on any atom is 0.260 e. The SMILES string of the molecule is O=C(Nc1n[nH]c(-c2ccccn2)n1)C1CCN(C(=O)COc2ccccc2)CC1. The van der Waals surface area contributed by atoms with Crippen molar-refractivity contribution in [2.45, 2.75) is 12.8 Å². The summed E-state index contributed by atoms with van der Waals surface area (Å²) in [5.41, 5.74) is 0.648. The third kappa shape index (κ3) is 4.80. The van der Waals surface area contributed by atoms with Crippen molar-refractivity contribution in [3.8, 4) is 17.3 Å². The molecule has 4 rings (SSSR count). The molecule has 0 saturated carbocycles. The van der Waals surface area contributed by atoms with E-state index in [2.05, 4.69) is 25.5 Å². The van der Waals surface area contributed by atoms with E-state index in [1.54, 1.807) is 17.2 Å². The average molecular weight is 406 g/mol. The molecule has 30 heavy (non-hydrogen) atoms. The zero-order chi connectivity index (χ0) is 20.8. The van der Waals surface area contributed by atoms with Crippen LogP contribution in [0.4, 0.5) is 5.95 Å². The Morgan fingerprint density at radius 2 is 1.87 bits per heavy atom. The molecule has 154 valence electrons. The van der Waals surface area contributed by atoms with Gasteiger partial charge in [0.2, 0.25) is 11.9 Å². The van der Waals surface area contributed by atoms with Gasteiger partial charge in [0.25, 0.3) is 5.91 Å². The number of pyridine rings is 1. The fourth-order valence-corrected chi connectivity index (χ4v) is 3.29. The quantitative estimate of drug-likeness (QED) is 0.648. The first-order valence-electron chi connectivity index (χ1n) is 9.79. The Balaban J connectivity index is 1.24. The summed E-state index contributed by atoms with van der Waals surface area (Å²) in [5, 5.41) is 9.55. The molecule has 9 heteroatoms. The van der Waals surface area contributed by atoms with E-state index in [1.807, 2.05) is 42.5 Å². The number of nitrogens with zero attached hydrogens (tertiary/aromatic N) is 4. The summed E-state index contributed by atoms with van der Waals surface area (Å²) in [6.45, 7) is 1.03. The molecule has 3 aromatic rings. The first kappa shape index (κ1) is 19.6. The minimum atomic E-state index is -0.194. The monoisotopic (exact) mass is 406 g/mol. The van der Waals surface area contributed by atoms with Gasteiger partial charge in [-0.05, 0) is 37.1 Å². The van der Waals surface area contributed by atoms with Gasteiger partial charge in [0.1, 0.15) is 11.4 Å². The molecule has 1 saturated heterocycles. The minimum Gasteiger partial charge on any atom is -0.484 e. The van der Waals surface area contributed by atoms with Crippen LogP contribution in [-0.2, 0) is 9.59 Å². The van der Waals surface area contributed by atoms with Crippen molar-refractivity contribution in [2.24, 2.45) is 5.92 Å². The van der Waals surface area contributed by atoms with Gasteiger partial charge in [0.15, 0.2) is 12.4 Å². The van der Waals surface area contributed by atoms with Gasteiger partial charge in [-0.1, -0.05) is 24.3 Å². The molecule has 1 aliphatic rings. The van der Waals surface area contributed by atoms with Crippen LogP contribution in [0.5, 0.6) is 5.75 Å². The lowest BCUT2D eigenvalue weighted by Gasteiger charge is -2.31. The first-order chi connectivity index (χ1) is 14.7. The van der Waals surface area contributed by atoms with Gasteiger partial charge in [-0.25, -0.2) is 0 Å². The average Bonchev–Trinajstić information content (AvgIpc) is 3.27. The van der Waals surface area contributed by atoms with Gasteiger partial charge in [-0.15, -0.1) is 5.10 Å². The summed E-state index contributed by atoms with van der Waals surface area (Å²) >= 11 is 0. The van der Waals surface area contributed by atoms with Gasteiger partial charge >= 0.3 is 0 Å². The summed E-state index contributed by atoms with van der Waals surface area (Å²) < 4.78 is 5.52. The summed E-state index contributed by atoms with van der Waals surface area (Å²) in [5.74, 6) is 0.957. The van der Waals surface area contributed by atoms with Crippen LogP contribution in [0.15, 0.2) is 54.7 Å². The second kappa shape index (κ2) is 9.17. The standard InChI is InChI=1S/C21H22N6O3/c28-18(14-30-16-6-2-1-3-7-16)27-12-9-15(10-13-27)20(29)24-21-23-19(25-26-21)17-8-4-5-11-22-17/h1-8,11,15H,9-10,12-14H2,(H2,23,24,25,26,29). The number of aromatic nitrogens is 4. The third-order valence-electron chi connectivity index (χ3n) is 4.95. The van der Waals surface area contributed by atoms with Crippen molar-refractivity contribution >= 4 is 17.8 Å². The lowest BCUT2D eigenvalue weighted by Crippen LogP contribution is -2.43. The largest absolute Gasteiger partial charge is 0.484 e. The number of hydrogen-bond donors (Lipinski definition) is 2. The highest BCUT2D eigenvalue weighted by molar-refractivity contribution is 5.91. The van der Waals surface area contributed by atoms with Gasteiger partial charge in [0.05, 0.1) is 0 Å². The molecule has 0 unspecified atom stereocenters. The fourth-order valence-electron chi connectivity index (χ4n) is 3.29. The van der Waals surface area contributed by atoms with E-state index >= 15 is 0 Å². The molecule has 1 aromatic carbocycles. The van der Waals surface area contributed by atoms with E-state index < -0.39 is 0 Å². The highest BCUT2D eigenvalue weighted by Gasteiger charge is 2.28. The molecule has 2 amide bonds. The molecule has 2 N–H and O–H groups in total.